The number of aromatic nitrogens is 2. The van der Waals surface area contributed by atoms with E-state index in [0.717, 1.165) is 30.6 Å². The Labute approximate surface area is 126 Å². The summed E-state index contributed by atoms with van der Waals surface area (Å²) >= 11 is 0. The minimum absolute atomic E-state index is 0.0418. The molecule has 118 valence electrons. The number of carbonyl (C=O) groups excluding carboxylic acids is 1. The second kappa shape index (κ2) is 9.12. The van der Waals surface area contributed by atoms with Gasteiger partial charge in [-0.2, -0.15) is 0 Å². The molecule has 21 heavy (non-hydrogen) atoms. The van der Waals surface area contributed by atoms with Crippen LogP contribution in [0, 0.1) is 0 Å². The molecule has 0 aliphatic rings. The van der Waals surface area contributed by atoms with E-state index < -0.39 is 0 Å². The Morgan fingerprint density at radius 2 is 2.05 bits per heavy atom. The second-order valence-electron chi connectivity index (χ2n) is 5.00. The number of rotatable bonds is 9. The number of anilines is 2. The molecule has 0 aliphatic heterocycles. The third-order valence-corrected chi connectivity index (χ3v) is 3.25. The summed E-state index contributed by atoms with van der Waals surface area (Å²) in [5.41, 5.74) is 3.53. The molecule has 7 nitrogen and oxygen atoms in total. The van der Waals surface area contributed by atoms with Crippen molar-refractivity contribution >= 4 is 17.5 Å². The van der Waals surface area contributed by atoms with Gasteiger partial charge >= 0.3 is 0 Å². The van der Waals surface area contributed by atoms with Crippen molar-refractivity contribution in [3.05, 3.63) is 11.9 Å². The number of carbonyl (C=O) groups is 1. The zero-order valence-corrected chi connectivity index (χ0v) is 13.1. The van der Waals surface area contributed by atoms with Gasteiger partial charge in [0.15, 0.2) is 0 Å². The van der Waals surface area contributed by atoms with Gasteiger partial charge in [0, 0.05) is 24.6 Å². The first kappa shape index (κ1) is 17.2. The lowest BCUT2D eigenvalue weighted by molar-refractivity contribution is -0.121. The Bertz CT molecular complexity index is 451. The van der Waals surface area contributed by atoms with Crippen LogP contribution in [-0.2, 0) is 11.2 Å². The van der Waals surface area contributed by atoms with E-state index in [4.69, 9.17) is 5.84 Å². The van der Waals surface area contributed by atoms with Crippen LogP contribution < -0.4 is 21.9 Å². The summed E-state index contributed by atoms with van der Waals surface area (Å²) in [6.45, 7) is 6.65. The number of nitrogens with one attached hydrogen (secondary N) is 3. The van der Waals surface area contributed by atoms with E-state index in [1.165, 1.54) is 6.33 Å². The van der Waals surface area contributed by atoms with Gasteiger partial charge in [0.2, 0.25) is 5.91 Å². The minimum Gasteiger partial charge on any atom is -0.369 e. The number of hydrogen-bond donors (Lipinski definition) is 4. The fourth-order valence-electron chi connectivity index (χ4n) is 1.92. The second-order valence-corrected chi connectivity index (χ2v) is 5.00. The molecule has 0 saturated carbocycles. The van der Waals surface area contributed by atoms with E-state index in [1.54, 1.807) is 0 Å². The molecule has 1 atom stereocenters. The average Bonchev–Trinajstić information content (AvgIpc) is 2.48. The highest BCUT2D eigenvalue weighted by Gasteiger charge is 2.10. The van der Waals surface area contributed by atoms with Gasteiger partial charge in [-0.05, 0) is 19.8 Å². The first-order valence-electron chi connectivity index (χ1n) is 7.46. The highest BCUT2D eigenvalue weighted by molar-refractivity contribution is 5.76. The largest absolute Gasteiger partial charge is 0.369 e. The van der Waals surface area contributed by atoms with Gasteiger partial charge in [-0.15, -0.1) is 0 Å². The predicted octanol–water partition coefficient (Wildman–Crippen LogP) is 1.43. The summed E-state index contributed by atoms with van der Waals surface area (Å²) in [6.07, 6.45) is 4.57. The molecule has 0 radical (unpaired) electrons. The third-order valence-electron chi connectivity index (χ3n) is 3.25. The molecule has 1 aromatic rings. The van der Waals surface area contributed by atoms with E-state index in [0.29, 0.717) is 18.8 Å². The fraction of sp³-hybridized carbons (Fsp3) is 0.643. The molecule has 0 fully saturated rings. The van der Waals surface area contributed by atoms with E-state index in [1.807, 2.05) is 13.8 Å². The molecular formula is C14H26N6O. The maximum Gasteiger partial charge on any atom is 0.221 e. The average molecular weight is 294 g/mol. The lowest BCUT2D eigenvalue weighted by atomic mass is 10.1. The normalized spacial score (nSPS) is 11.8. The topological polar surface area (TPSA) is 105 Å². The van der Waals surface area contributed by atoms with E-state index >= 15 is 0 Å². The summed E-state index contributed by atoms with van der Waals surface area (Å²) in [4.78, 5) is 20.1. The number of hydrogen-bond acceptors (Lipinski definition) is 6. The molecule has 0 aliphatic carbocycles. The van der Waals surface area contributed by atoms with Crippen molar-refractivity contribution in [1.82, 2.24) is 15.3 Å². The lowest BCUT2D eigenvalue weighted by Gasteiger charge is -2.14. The highest BCUT2D eigenvalue weighted by atomic mass is 16.1. The quantitative estimate of drug-likeness (QED) is 0.406. The van der Waals surface area contributed by atoms with Crippen LogP contribution in [-0.4, -0.2) is 28.5 Å². The molecule has 7 heteroatoms. The van der Waals surface area contributed by atoms with Crippen LogP contribution in [0.4, 0.5) is 11.6 Å². The van der Waals surface area contributed by atoms with Crippen molar-refractivity contribution in [2.75, 3.05) is 17.3 Å². The molecular weight excluding hydrogens is 268 g/mol. The van der Waals surface area contributed by atoms with Gasteiger partial charge in [-0.25, -0.2) is 15.8 Å². The lowest BCUT2D eigenvalue weighted by Crippen LogP contribution is -2.33. The molecule has 0 bridgehead atoms. The molecule has 1 unspecified atom stereocenters. The molecule has 1 heterocycles. The number of nitrogens with zero attached hydrogens (tertiary/aromatic N) is 2. The van der Waals surface area contributed by atoms with Gasteiger partial charge in [0.1, 0.15) is 18.0 Å². The Kier molecular flexibility index (Phi) is 7.45. The van der Waals surface area contributed by atoms with Crippen molar-refractivity contribution in [2.24, 2.45) is 5.84 Å². The minimum atomic E-state index is 0.0418. The van der Waals surface area contributed by atoms with Crippen molar-refractivity contribution in [3.63, 3.8) is 0 Å². The SMILES string of the molecule is CCCc1c(NN)ncnc1NCCC(=O)NC(C)CC. The predicted molar refractivity (Wildman–Crippen MR) is 84.8 cm³/mol. The Morgan fingerprint density at radius 1 is 1.33 bits per heavy atom. The van der Waals surface area contributed by atoms with Crippen molar-refractivity contribution < 1.29 is 4.79 Å². The first-order chi connectivity index (χ1) is 10.1. The van der Waals surface area contributed by atoms with E-state index in [9.17, 15) is 4.79 Å². The third kappa shape index (κ3) is 5.55. The van der Waals surface area contributed by atoms with Crippen LogP contribution >= 0.6 is 0 Å². The standard InChI is InChI=1S/C14H26N6O/c1-4-6-11-13(17-9-18-14(11)20-15)16-8-7-12(21)19-10(3)5-2/h9-10H,4-8,15H2,1-3H3,(H,19,21)(H2,16,17,18,20). The summed E-state index contributed by atoms with van der Waals surface area (Å²) in [6, 6.07) is 0.209. The summed E-state index contributed by atoms with van der Waals surface area (Å²) in [7, 11) is 0. The van der Waals surface area contributed by atoms with Gasteiger partial charge in [-0.3, -0.25) is 4.79 Å². The molecule has 1 aromatic heterocycles. The molecule has 1 rings (SSSR count). The monoisotopic (exact) mass is 294 g/mol. The van der Waals surface area contributed by atoms with Gasteiger partial charge < -0.3 is 16.1 Å². The number of hydrazine groups is 1. The summed E-state index contributed by atoms with van der Waals surface area (Å²) < 4.78 is 0. The summed E-state index contributed by atoms with van der Waals surface area (Å²) in [5.74, 6) is 6.86. The molecule has 1 amide bonds. The fourth-order valence-corrected chi connectivity index (χ4v) is 1.92. The summed E-state index contributed by atoms with van der Waals surface area (Å²) in [5, 5.41) is 6.12. The molecule has 0 spiro atoms. The maximum atomic E-state index is 11.7. The zero-order chi connectivity index (χ0) is 15.7. The Balaban J connectivity index is 2.57. The Morgan fingerprint density at radius 3 is 2.67 bits per heavy atom. The Hall–Kier alpha value is -1.89. The number of nitrogens with two attached hydrogens (primary N) is 1. The van der Waals surface area contributed by atoms with Crippen LogP contribution in [0.3, 0.4) is 0 Å². The van der Waals surface area contributed by atoms with E-state index in [2.05, 4.69) is 33.0 Å². The molecule has 5 N–H and O–H groups in total. The van der Waals surface area contributed by atoms with Gasteiger partial charge in [0.25, 0.3) is 0 Å². The van der Waals surface area contributed by atoms with Crippen LogP contribution in [0.1, 0.15) is 45.6 Å². The molecule has 0 saturated heterocycles. The van der Waals surface area contributed by atoms with Crippen LogP contribution in [0.2, 0.25) is 0 Å². The van der Waals surface area contributed by atoms with Gasteiger partial charge in [-0.1, -0.05) is 20.3 Å². The van der Waals surface area contributed by atoms with Gasteiger partial charge in [0.05, 0.1) is 0 Å². The van der Waals surface area contributed by atoms with Crippen LogP contribution in [0.25, 0.3) is 0 Å². The molecule has 0 aromatic carbocycles. The highest BCUT2D eigenvalue weighted by Crippen LogP contribution is 2.20. The van der Waals surface area contributed by atoms with E-state index in [-0.39, 0.29) is 11.9 Å². The zero-order valence-electron chi connectivity index (χ0n) is 13.1. The first-order valence-corrected chi connectivity index (χ1v) is 7.46. The van der Waals surface area contributed by atoms with Crippen molar-refractivity contribution in [1.29, 1.82) is 0 Å². The van der Waals surface area contributed by atoms with Crippen LogP contribution in [0.15, 0.2) is 6.33 Å². The number of amides is 1. The van der Waals surface area contributed by atoms with Crippen LogP contribution in [0.5, 0.6) is 0 Å². The number of nitrogen functional groups attached to an aromatic ring is 1. The van der Waals surface area contributed by atoms with Crippen molar-refractivity contribution in [2.45, 2.75) is 52.5 Å². The smallest absolute Gasteiger partial charge is 0.221 e. The van der Waals surface area contributed by atoms with Crippen molar-refractivity contribution in [3.8, 4) is 0 Å². The maximum absolute atomic E-state index is 11.7.